The summed E-state index contributed by atoms with van der Waals surface area (Å²) in [6.45, 7) is 1.72. The summed E-state index contributed by atoms with van der Waals surface area (Å²) in [5.74, 6) is 0.242. The van der Waals surface area contributed by atoms with Crippen molar-refractivity contribution in [2.24, 2.45) is 0 Å². The minimum absolute atomic E-state index is 0.0231. The summed E-state index contributed by atoms with van der Waals surface area (Å²) in [5, 5.41) is 9.43. The molecule has 2 rings (SSSR count). The molecule has 0 radical (unpaired) electrons. The lowest BCUT2D eigenvalue weighted by Gasteiger charge is -2.09. The maximum atomic E-state index is 11.9. The Morgan fingerprint density at radius 1 is 1.36 bits per heavy atom. The van der Waals surface area contributed by atoms with E-state index in [1.165, 1.54) is 25.3 Å². The number of methoxy groups -OCH3 is 1. The number of anilines is 2. The Kier molecular flexibility index (Phi) is 5.00. The molecule has 0 unspecified atom stereocenters. The van der Waals surface area contributed by atoms with Gasteiger partial charge >= 0.3 is 5.97 Å². The highest BCUT2D eigenvalue weighted by atomic mass is 35.5. The summed E-state index contributed by atoms with van der Waals surface area (Å²) >= 11 is 5.99. The van der Waals surface area contributed by atoms with E-state index in [9.17, 15) is 9.59 Å². The molecule has 0 aliphatic carbocycles. The van der Waals surface area contributed by atoms with Crippen LogP contribution in [0.15, 0.2) is 28.8 Å². The Bertz CT molecular complexity index is 699. The molecule has 0 aliphatic heterocycles. The molecule has 1 aromatic carbocycles. The highest BCUT2D eigenvalue weighted by molar-refractivity contribution is 6.33. The van der Waals surface area contributed by atoms with Gasteiger partial charge in [-0.25, -0.2) is 4.79 Å². The molecule has 2 aromatic rings. The van der Waals surface area contributed by atoms with Crippen LogP contribution < -0.4 is 10.6 Å². The van der Waals surface area contributed by atoms with E-state index in [4.69, 9.17) is 16.1 Å². The Balaban J connectivity index is 2.00. The summed E-state index contributed by atoms with van der Waals surface area (Å²) in [5.41, 5.74) is 0.620. The molecule has 22 heavy (non-hydrogen) atoms. The topological polar surface area (TPSA) is 93.5 Å². The second-order valence-corrected chi connectivity index (χ2v) is 4.82. The molecule has 0 fully saturated rings. The lowest BCUT2D eigenvalue weighted by atomic mass is 10.2. The molecular weight excluding hydrogens is 310 g/mol. The Morgan fingerprint density at radius 2 is 2.14 bits per heavy atom. The van der Waals surface area contributed by atoms with Crippen LogP contribution in [0.3, 0.4) is 0 Å². The van der Waals surface area contributed by atoms with Crippen molar-refractivity contribution in [3.8, 4) is 0 Å². The number of ether oxygens (including phenoxy) is 1. The van der Waals surface area contributed by atoms with Crippen molar-refractivity contribution in [3.05, 3.63) is 40.6 Å². The number of nitrogens with one attached hydrogen (secondary N) is 2. The van der Waals surface area contributed by atoms with Crippen molar-refractivity contribution in [1.29, 1.82) is 0 Å². The van der Waals surface area contributed by atoms with Gasteiger partial charge in [0, 0.05) is 6.07 Å². The van der Waals surface area contributed by atoms with Gasteiger partial charge in [0.15, 0.2) is 5.82 Å². The predicted molar refractivity (Wildman–Crippen MR) is 81.2 cm³/mol. The minimum Gasteiger partial charge on any atom is -0.465 e. The molecule has 2 N–H and O–H groups in total. The van der Waals surface area contributed by atoms with Crippen LogP contribution in [-0.2, 0) is 9.53 Å². The molecule has 1 amide bonds. The van der Waals surface area contributed by atoms with E-state index in [2.05, 4.69) is 20.5 Å². The molecule has 116 valence electrons. The Labute approximate surface area is 131 Å². The fraction of sp³-hybridized carbons (Fsp3) is 0.214. The van der Waals surface area contributed by atoms with Gasteiger partial charge in [-0.05, 0) is 25.1 Å². The van der Waals surface area contributed by atoms with Gasteiger partial charge in [-0.15, -0.1) is 0 Å². The summed E-state index contributed by atoms with van der Waals surface area (Å²) in [7, 11) is 1.28. The summed E-state index contributed by atoms with van der Waals surface area (Å²) in [4.78, 5) is 23.4. The highest BCUT2D eigenvalue weighted by Gasteiger charge is 2.11. The van der Waals surface area contributed by atoms with Crippen molar-refractivity contribution in [1.82, 2.24) is 5.16 Å². The molecule has 0 atom stereocenters. The standard InChI is InChI=1S/C14H14ClN3O4/c1-8-5-12(18-22-8)16-7-13(19)17-11-6-9(14(20)21-2)3-4-10(11)15/h3-6H,7H2,1-2H3,(H,16,18)(H,17,19). The molecule has 8 heteroatoms. The number of benzene rings is 1. The van der Waals surface area contributed by atoms with Crippen LogP contribution in [0, 0.1) is 6.92 Å². The van der Waals surface area contributed by atoms with Crippen molar-refractivity contribution >= 4 is 35.0 Å². The zero-order valence-electron chi connectivity index (χ0n) is 12.0. The number of esters is 1. The van der Waals surface area contributed by atoms with Crippen LogP contribution in [0.25, 0.3) is 0 Å². The van der Waals surface area contributed by atoms with Gasteiger partial charge in [-0.2, -0.15) is 0 Å². The van der Waals surface area contributed by atoms with Gasteiger partial charge < -0.3 is 19.9 Å². The molecule has 0 saturated heterocycles. The number of carbonyl (C=O) groups is 2. The third kappa shape index (κ3) is 3.98. The smallest absolute Gasteiger partial charge is 0.337 e. The van der Waals surface area contributed by atoms with E-state index < -0.39 is 5.97 Å². The van der Waals surface area contributed by atoms with Crippen LogP contribution >= 0.6 is 11.6 Å². The molecule has 7 nitrogen and oxygen atoms in total. The lowest BCUT2D eigenvalue weighted by Crippen LogP contribution is -2.22. The lowest BCUT2D eigenvalue weighted by molar-refractivity contribution is -0.114. The number of halogens is 1. The minimum atomic E-state index is -0.511. The van der Waals surface area contributed by atoms with Gasteiger partial charge in [0.2, 0.25) is 5.91 Å². The molecule has 0 aliphatic rings. The molecule has 0 saturated carbocycles. The second kappa shape index (κ2) is 6.95. The van der Waals surface area contributed by atoms with Gasteiger partial charge in [0.1, 0.15) is 5.76 Å². The maximum absolute atomic E-state index is 11.9. The SMILES string of the molecule is COC(=O)c1ccc(Cl)c(NC(=O)CNc2cc(C)on2)c1. The van der Waals surface area contributed by atoms with Crippen LogP contribution in [0.4, 0.5) is 11.5 Å². The van der Waals surface area contributed by atoms with Crippen molar-refractivity contribution in [2.75, 3.05) is 24.3 Å². The van der Waals surface area contributed by atoms with Crippen LogP contribution in [0.1, 0.15) is 16.1 Å². The van der Waals surface area contributed by atoms with Crippen LogP contribution in [0.2, 0.25) is 5.02 Å². The fourth-order valence-electron chi connectivity index (χ4n) is 1.68. The maximum Gasteiger partial charge on any atom is 0.337 e. The third-order valence-corrected chi connectivity index (χ3v) is 3.05. The number of carbonyl (C=O) groups excluding carboxylic acids is 2. The number of hydrogen-bond donors (Lipinski definition) is 2. The number of amides is 1. The predicted octanol–water partition coefficient (Wildman–Crippen LogP) is 2.47. The van der Waals surface area contributed by atoms with Crippen molar-refractivity contribution in [3.63, 3.8) is 0 Å². The van der Waals surface area contributed by atoms with Crippen molar-refractivity contribution < 1.29 is 18.8 Å². The molecule has 1 heterocycles. The Hall–Kier alpha value is -2.54. The van der Waals surface area contributed by atoms with E-state index in [0.29, 0.717) is 27.9 Å². The average Bonchev–Trinajstić information content (AvgIpc) is 2.92. The fourth-order valence-corrected chi connectivity index (χ4v) is 1.85. The molecule has 0 spiro atoms. The quantitative estimate of drug-likeness (QED) is 0.821. The van der Waals surface area contributed by atoms with Gasteiger partial charge in [0.05, 0.1) is 29.9 Å². The highest BCUT2D eigenvalue weighted by Crippen LogP contribution is 2.23. The number of hydrogen-bond acceptors (Lipinski definition) is 6. The van der Waals surface area contributed by atoms with E-state index in [1.807, 2.05) is 0 Å². The van der Waals surface area contributed by atoms with Gasteiger partial charge in [-0.1, -0.05) is 16.8 Å². The number of aryl methyl sites for hydroxylation is 1. The molecular formula is C14H14ClN3O4. The Morgan fingerprint density at radius 3 is 2.77 bits per heavy atom. The largest absolute Gasteiger partial charge is 0.465 e. The number of aromatic nitrogens is 1. The first-order valence-corrected chi connectivity index (χ1v) is 6.72. The van der Waals surface area contributed by atoms with Gasteiger partial charge in [0.25, 0.3) is 0 Å². The van der Waals surface area contributed by atoms with E-state index in [1.54, 1.807) is 13.0 Å². The number of rotatable bonds is 5. The summed E-state index contributed by atoms with van der Waals surface area (Å²) in [6, 6.07) is 6.14. The third-order valence-electron chi connectivity index (χ3n) is 2.72. The first kappa shape index (κ1) is 15.8. The first-order valence-electron chi connectivity index (χ1n) is 6.34. The second-order valence-electron chi connectivity index (χ2n) is 4.41. The molecule has 0 bridgehead atoms. The van der Waals surface area contributed by atoms with Crippen LogP contribution in [0.5, 0.6) is 0 Å². The number of nitrogens with zero attached hydrogens (tertiary/aromatic N) is 1. The van der Waals surface area contributed by atoms with E-state index in [0.717, 1.165) is 0 Å². The van der Waals surface area contributed by atoms with Gasteiger partial charge in [-0.3, -0.25) is 4.79 Å². The zero-order valence-corrected chi connectivity index (χ0v) is 12.7. The molecule has 1 aromatic heterocycles. The average molecular weight is 324 g/mol. The van der Waals surface area contributed by atoms with E-state index in [-0.39, 0.29) is 12.5 Å². The zero-order chi connectivity index (χ0) is 16.1. The monoisotopic (exact) mass is 323 g/mol. The first-order chi connectivity index (χ1) is 10.5. The summed E-state index contributed by atoms with van der Waals surface area (Å²) < 4.78 is 9.49. The summed E-state index contributed by atoms with van der Waals surface area (Å²) in [6.07, 6.45) is 0. The van der Waals surface area contributed by atoms with Crippen molar-refractivity contribution in [2.45, 2.75) is 6.92 Å². The van der Waals surface area contributed by atoms with Crippen LogP contribution in [-0.4, -0.2) is 30.7 Å². The van der Waals surface area contributed by atoms with E-state index >= 15 is 0 Å². The normalized spacial score (nSPS) is 10.1.